The number of rotatable bonds is 4. The Morgan fingerprint density at radius 2 is 1.92 bits per heavy atom. The molecule has 7 heteroatoms. The van der Waals surface area contributed by atoms with Gasteiger partial charge in [0.1, 0.15) is 5.82 Å². The second kappa shape index (κ2) is 7.43. The maximum atomic E-state index is 6.02. The molecule has 1 aromatic carbocycles. The third-order valence-electron chi connectivity index (χ3n) is 4.65. The van der Waals surface area contributed by atoms with Crippen molar-refractivity contribution in [2.45, 2.75) is 6.92 Å². The second-order valence-corrected chi connectivity index (χ2v) is 6.70. The number of hydrogen-bond acceptors (Lipinski definition) is 6. The van der Waals surface area contributed by atoms with Crippen LogP contribution in [0.1, 0.15) is 6.92 Å². The van der Waals surface area contributed by atoms with Gasteiger partial charge in [0.2, 0.25) is 5.82 Å². The molecule has 6 nitrogen and oxygen atoms in total. The molecule has 1 aliphatic heterocycles. The maximum absolute atomic E-state index is 6.02. The van der Waals surface area contributed by atoms with E-state index in [0.29, 0.717) is 16.7 Å². The van der Waals surface area contributed by atoms with E-state index in [4.69, 9.17) is 16.1 Å². The largest absolute Gasteiger partial charge is 0.354 e. The lowest BCUT2D eigenvalue weighted by Crippen LogP contribution is -2.46. The van der Waals surface area contributed by atoms with E-state index in [-0.39, 0.29) is 0 Å². The van der Waals surface area contributed by atoms with E-state index in [9.17, 15) is 0 Å². The van der Waals surface area contributed by atoms with Crippen molar-refractivity contribution in [3.05, 3.63) is 47.6 Å². The van der Waals surface area contributed by atoms with Crippen molar-refractivity contribution in [2.75, 3.05) is 37.6 Å². The fourth-order valence-corrected chi connectivity index (χ4v) is 3.27. The Morgan fingerprint density at radius 3 is 2.62 bits per heavy atom. The second-order valence-electron chi connectivity index (χ2n) is 6.26. The molecule has 0 amide bonds. The highest BCUT2D eigenvalue weighted by atomic mass is 35.5. The van der Waals surface area contributed by atoms with Gasteiger partial charge in [0.05, 0.1) is 5.56 Å². The minimum Gasteiger partial charge on any atom is -0.354 e. The predicted octanol–water partition coefficient (Wildman–Crippen LogP) is 3.59. The quantitative estimate of drug-likeness (QED) is 0.700. The van der Waals surface area contributed by atoms with Gasteiger partial charge in [-0.25, -0.2) is 4.98 Å². The molecular weight excluding hydrogens is 350 g/mol. The lowest BCUT2D eigenvalue weighted by molar-refractivity contribution is 0.270. The van der Waals surface area contributed by atoms with E-state index in [1.807, 2.05) is 36.4 Å². The number of pyridine rings is 1. The summed E-state index contributed by atoms with van der Waals surface area (Å²) < 4.78 is 5.39. The lowest BCUT2D eigenvalue weighted by Gasteiger charge is -2.34. The van der Waals surface area contributed by atoms with E-state index in [1.54, 1.807) is 6.20 Å². The zero-order chi connectivity index (χ0) is 17.9. The summed E-state index contributed by atoms with van der Waals surface area (Å²) in [6.45, 7) is 7.45. The molecule has 1 saturated heterocycles. The molecule has 0 saturated carbocycles. The number of piperazine rings is 1. The highest BCUT2D eigenvalue weighted by molar-refractivity contribution is 6.30. The number of benzene rings is 1. The van der Waals surface area contributed by atoms with Crippen molar-refractivity contribution in [1.82, 2.24) is 20.0 Å². The standard InChI is InChI=1S/C19H20ClN5O/c1-2-24-8-10-25(11-9-24)17-7-6-15(13-21-17)19-22-18(23-26-19)14-4-3-5-16(20)12-14/h3-7,12-13H,2,8-11H2,1H3. The Bertz CT molecular complexity index is 872. The number of halogens is 1. The molecule has 2 aromatic heterocycles. The SMILES string of the molecule is CCN1CCN(c2ccc(-c3nc(-c4cccc(Cl)c4)no3)cn2)CC1. The Balaban J connectivity index is 1.49. The fraction of sp³-hybridized carbons (Fsp3) is 0.316. The Hall–Kier alpha value is -2.44. The molecule has 3 heterocycles. The number of hydrogen-bond donors (Lipinski definition) is 0. The molecule has 0 spiro atoms. The van der Waals surface area contributed by atoms with Crippen molar-refractivity contribution in [2.24, 2.45) is 0 Å². The van der Waals surface area contributed by atoms with Crippen LogP contribution in [-0.4, -0.2) is 52.7 Å². The Kier molecular flexibility index (Phi) is 4.86. The fourth-order valence-electron chi connectivity index (χ4n) is 3.08. The van der Waals surface area contributed by atoms with Gasteiger partial charge in [-0.05, 0) is 30.8 Å². The van der Waals surface area contributed by atoms with Crippen LogP contribution in [0.3, 0.4) is 0 Å². The molecule has 1 aliphatic rings. The molecule has 1 fully saturated rings. The Morgan fingerprint density at radius 1 is 1.08 bits per heavy atom. The van der Waals surface area contributed by atoms with Crippen LogP contribution in [0.25, 0.3) is 22.8 Å². The first-order chi connectivity index (χ1) is 12.7. The minimum absolute atomic E-state index is 0.454. The summed E-state index contributed by atoms with van der Waals surface area (Å²) in [4.78, 5) is 13.8. The van der Waals surface area contributed by atoms with E-state index >= 15 is 0 Å². The topological polar surface area (TPSA) is 58.3 Å². The van der Waals surface area contributed by atoms with Crippen LogP contribution in [-0.2, 0) is 0 Å². The van der Waals surface area contributed by atoms with Gasteiger partial charge in [-0.3, -0.25) is 0 Å². The minimum atomic E-state index is 0.454. The van der Waals surface area contributed by atoms with Crippen LogP contribution in [0.2, 0.25) is 5.02 Å². The highest BCUT2D eigenvalue weighted by Gasteiger charge is 2.17. The van der Waals surface area contributed by atoms with E-state index < -0.39 is 0 Å². The van der Waals surface area contributed by atoms with Gasteiger partial charge in [-0.1, -0.05) is 35.8 Å². The van der Waals surface area contributed by atoms with Crippen LogP contribution in [0.4, 0.5) is 5.82 Å². The summed E-state index contributed by atoms with van der Waals surface area (Å²) in [6, 6.07) is 11.4. The smallest absolute Gasteiger partial charge is 0.259 e. The average Bonchev–Trinajstić information content (AvgIpc) is 3.18. The van der Waals surface area contributed by atoms with Crippen molar-refractivity contribution < 1.29 is 4.52 Å². The molecular formula is C19H20ClN5O. The normalized spacial score (nSPS) is 15.4. The van der Waals surface area contributed by atoms with E-state index in [2.05, 4.69) is 31.8 Å². The third kappa shape index (κ3) is 3.57. The van der Waals surface area contributed by atoms with Gasteiger partial charge in [0.25, 0.3) is 5.89 Å². The van der Waals surface area contributed by atoms with Crippen molar-refractivity contribution >= 4 is 17.4 Å². The molecule has 0 unspecified atom stereocenters. The van der Waals surface area contributed by atoms with Crippen LogP contribution in [0, 0.1) is 0 Å². The molecule has 26 heavy (non-hydrogen) atoms. The molecule has 0 atom stereocenters. The van der Waals surface area contributed by atoms with E-state index in [1.165, 1.54) is 0 Å². The van der Waals surface area contributed by atoms with Gasteiger partial charge in [-0.2, -0.15) is 4.98 Å². The number of anilines is 1. The zero-order valence-electron chi connectivity index (χ0n) is 14.6. The van der Waals surface area contributed by atoms with Crippen LogP contribution < -0.4 is 4.90 Å². The van der Waals surface area contributed by atoms with Crippen LogP contribution in [0.5, 0.6) is 0 Å². The van der Waals surface area contributed by atoms with Crippen LogP contribution in [0.15, 0.2) is 47.1 Å². The molecule has 4 rings (SSSR count). The van der Waals surface area contributed by atoms with Crippen molar-refractivity contribution in [3.8, 4) is 22.8 Å². The summed E-state index contributed by atoms with van der Waals surface area (Å²) in [7, 11) is 0. The third-order valence-corrected chi connectivity index (χ3v) is 4.88. The molecule has 0 N–H and O–H groups in total. The summed E-state index contributed by atoms with van der Waals surface area (Å²) in [6.07, 6.45) is 1.79. The number of aromatic nitrogens is 3. The molecule has 0 aliphatic carbocycles. The van der Waals surface area contributed by atoms with Crippen molar-refractivity contribution in [1.29, 1.82) is 0 Å². The summed E-state index contributed by atoms with van der Waals surface area (Å²) in [5.41, 5.74) is 1.63. The Labute approximate surface area is 157 Å². The van der Waals surface area contributed by atoms with Gasteiger partial charge >= 0.3 is 0 Å². The molecule has 134 valence electrons. The molecule has 3 aromatic rings. The molecule has 0 radical (unpaired) electrons. The van der Waals surface area contributed by atoms with Gasteiger partial charge in [0.15, 0.2) is 0 Å². The maximum Gasteiger partial charge on any atom is 0.259 e. The van der Waals surface area contributed by atoms with Crippen molar-refractivity contribution in [3.63, 3.8) is 0 Å². The monoisotopic (exact) mass is 369 g/mol. The van der Waals surface area contributed by atoms with Gasteiger partial charge < -0.3 is 14.3 Å². The lowest BCUT2D eigenvalue weighted by atomic mass is 10.2. The zero-order valence-corrected chi connectivity index (χ0v) is 15.4. The summed E-state index contributed by atoms with van der Waals surface area (Å²) >= 11 is 6.02. The van der Waals surface area contributed by atoms with E-state index in [0.717, 1.165) is 49.7 Å². The number of nitrogens with zero attached hydrogens (tertiary/aromatic N) is 5. The van der Waals surface area contributed by atoms with Crippen LogP contribution >= 0.6 is 11.6 Å². The summed E-state index contributed by atoms with van der Waals surface area (Å²) in [5, 5.41) is 4.69. The molecule has 0 bridgehead atoms. The first kappa shape index (κ1) is 17.0. The number of likely N-dealkylation sites (N-methyl/N-ethyl adjacent to an activating group) is 1. The van der Waals surface area contributed by atoms with Gasteiger partial charge in [0, 0.05) is 43.0 Å². The predicted molar refractivity (Wildman–Crippen MR) is 102 cm³/mol. The van der Waals surface area contributed by atoms with Gasteiger partial charge in [-0.15, -0.1) is 0 Å². The first-order valence-electron chi connectivity index (χ1n) is 8.76. The highest BCUT2D eigenvalue weighted by Crippen LogP contribution is 2.25. The summed E-state index contributed by atoms with van der Waals surface area (Å²) in [5.74, 6) is 1.95. The first-order valence-corrected chi connectivity index (χ1v) is 9.14. The average molecular weight is 370 g/mol.